The van der Waals surface area contributed by atoms with Crippen molar-refractivity contribution in [2.24, 2.45) is 0 Å². The molecule has 2 aromatic rings. The SMILES string of the molecule is CN(C)C(CNCc1ccc(Cl)cc1Cl)c1ccccc1. The molecule has 0 aliphatic rings. The first-order valence-corrected chi connectivity index (χ1v) is 7.69. The largest absolute Gasteiger partial charge is 0.311 e. The van der Waals surface area contributed by atoms with Crippen LogP contribution >= 0.6 is 23.2 Å². The van der Waals surface area contributed by atoms with Crippen molar-refractivity contribution in [1.29, 1.82) is 0 Å². The van der Waals surface area contributed by atoms with Gasteiger partial charge in [-0.05, 0) is 37.4 Å². The van der Waals surface area contributed by atoms with E-state index in [2.05, 4.69) is 48.6 Å². The van der Waals surface area contributed by atoms with Crippen LogP contribution in [-0.2, 0) is 6.54 Å². The van der Waals surface area contributed by atoms with E-state index < -0.39 is 0 Å². The van der Waals surface area contributed by atoms with Gasteiger partial charge in [0.15, 0.2) is 0 Å². The summed E-state index contributed by atoms with van der Waals surface area (Å²) in [4.78, 5) is 2.21. The summed E-state index contributed by atoms with van der Waals surface area (Å²) in [5, 5.41) is 4.84. The summed E-state index contributed by atoms with van der Waals surface area (Å²) in [7, 11) is 4.18. The molecule has 0 aliphatic carbocycles. The van der Waals surface area contributed by atoms with Crippen LogP contribution in [0.5, 0.6) is 0 Å². The van der Waals surface area contributed by atoms with E-state index >= 15 is 0 Å². The fraction of sp³-hybridized carbons (Fsp3) is 0.294. The van der Waals surface area contributed by atoms with Gasteiger partial charge in [0.25, 0.3) is 0 Å². The fourth-order valence-corrected chi connectivity index (χ4v) is 2.76. The lowest BCUT2D eigenvalue weighted by Crippen LogP contribution is -2.30. The standard InChI is InChI=1S/C17H20Cl2N2/c1-21(2)17(13-6-4-3-5-7-13)12-20-11-14-8-9-15(18)10-16(14)19/h3-10,17,20H,11-12H2,1-2H3. The summed E-state index contributed by atoms with van der Waals surface area (Å²) >= 11 is 12.1. The average Bonchev–Trinajstić information content (AvgIpc) is 2.46. The van der Waals surface area contributed by atoms with Gasteiger partial charge < -0.3 is 10.2 Å². The van der Waals surface area contributed by atoms with Gasteiger partial charge in [0.1, 0.15) is 0 Å². The predicted molar refractivity (Wildman–Crippen MR) is 91.0 cm³/mol. The zero-order chi connectivity index (χ0) is 15.2. The number of hydrogen-bond donors (Lipinski definition) is 1. The first-order chi connectivity index (χ1) is 10.1. The molecule has 112 valence electrons. The topological polar surface area (TPSA) is 15.3 Å². The second kappa shape index (κ2) is 7.81. The number of rotatable bonds is 6. The third kappa shape index (κ3) is 4.72. The Balaban J connectivity index is 1.97. The van der Waals surface area contributed by atoms with Gasteiger partial charge in [0, 0.05) is 29.2 Å². The summed E-state index contributed by atoms with van der Waals surface area (Å²) in [5.74, 6) is 0. The quantitative estimate of drug-likeness (QED) is 0.848. The Labute approximate surface area is 136 Å². The van der Waals surface area contributed by atoms with Gasteiger partial charge in [0.2, 0.25) is 0 Å². The first-order valence-electron chi connectivity index (χ1n) is 6.94. The van der Waals surface area contributed by atoms with Crippen molar-refractivity contribution in [1.82, 2.24) is 10.2 Å². The van der Waals surface area contributed by atoms with E-state index in [0.29, 0.717) is 16.1 Å². The molecule has 21 heavy (non-hydrogen) atoms. The zero-order valence-electron chi connectivity index (χ0n) is 12.3. The van der Waals surface area contributed by atoms with E-state index in [4.69, 9.17) is 23.2 Å². The molecule has 0 aliphatic heterocycles. The lowest BCUT2D eigenvalue weighted by Gasteiger charge is -2.25. The van der Waals surface area contributed by atoms with E-state index in [9.17, 15) is 0 Å². The molecule has 2 rings (SSSR count). The Kier molecular flexibility index (Phi) is 6.07. The van der Waals surface area contributed by atoms with Crippen LogP contribution in [0.4, 0.5) is 0 Å². The van der Waals surface area contributed by atoms with E-state index in [1.54, 1.807) is 6.07 Å². The lowest BCUT2D eigenvalue weighted by molar-refractivity contribution is 0.288. The van der Waals surface area contributed by atoms with Crippen molar-refractivity contribution in [3.05, 3.63) is 69.7 Å². The number of hydrogen-bond acceptors (Lipinski definition) is 2. The van der Waals surface area contributed by atoms with Crippen LogP contribution in [0.25, 0.3) is 0 Å². The maximum atomic E-state index is 6.19. The molecule has 1 atom stereocenters. The van der Waals surface area contributed by atoms with Crippen LogP contribution in [0, 0.1) is 0 Å². The third-order valence-electron chi connectivity index (χ3n) is 3.48. The molecule has 2 aromatic carbocycles. The average molecular weight is 323 g/mol. The summed E-state index contributed by atoms with van der Waals surface area (Å²) in [6.45, 7) is 1.59. The van der Waals surface area contributed by atoms with Crippen molar-refractivity contribution < 1.29 is 0 Å². The first kappa shape index (κ1) is 16.3. The number of halogens is 2. The highest BCUT2D eigenvalue weighted by atomic mass is 35.5. The second-order valence-corrected chi connectivity index (χ2v) is 6.10. The lowest BCUT2D eigenvalue weighted by atomic mass is 10.1. The number of nitrogens with one attached hydrogen (secondary N) is 1. The van der Waals surface area contributed by atoms with Crippen molar-refractivity contribution in [3.63, 3.8) is 0 Å². The molecule has 4 heteroatoms. The molecule has 0 saturated heterocycles. The second-order valence-electron chi connectivity index (χ2n) is 5.26. The third-order valence-corrected chi connectivity index (χ3v) is 4.06. The minimum absolute atomic E-state index is 0.331. The number of likely N-dealkylation sites (N-methyl/N-ethyl adjacent to an activating group) is 1. The van der Waals surface area contributed by atoms with Crippen LogP contribution in [0.2, 0.25) is 10.0 Å². The Morgan fingerprint density at radius 1 is 1.05 bits per heavy atom. The Hall–Kier alpha value is -1.06. The molecular formula is C17H20Cl2N2. The van der Waals surface area contributed by atoms with Gasteiger partial charge in [-0.2, -0.15) is 0 Å². The molecule has 1 unspecified atom stereocenters. The molecule has 0 amide bonds. The molecule has 0 heterocycles. The van der Waals surface area contributed by atoms with Gasteiger partial charge >= 0.3 is 0 Å². The molecular weight excluding hydrogens is 303 g/mol. The van der Waals surface area contributed by atoms with Crippen molar-refractivity contribution in [2.75, 3.05) is 20.6 Å². The normalized spacial score (nSPS) is 12.6. The van der Waals surface area contributed by atoms with Gasteiger partial charge in [-0.15, -0.1) is 0 Å². The molecule has 2 nitrogen and oxygen atoms in total. The minimum atomic E-state index is 0.331. The van der Waals surface area contributed by atoms with Crippen LogP contribution in [0.3, 0.4) is 0 Å². The maximum absolute atomic E-state index is 6.19. The van der Waals surface area contributed by atoms with Crippen molar-refractivity contribution in [3.8, 4) is 0 Å². The Morgan fingerprint density at radius 2 is 1.76 bits per heavy atom. The van der Waals surface area contributed by atoms with Crippen molar-refractivity contribution >= 4 is 23.2 Å². The highest BCUT2D eigenvalue weighted by Gasteiger charge is 2.13. The molecule has 0 aromatic heterocycles. The summed E-state index contributed by atoms with van der Waals surface area (Å²) < 4.78 is 0. The van der Waals surface area contributed by atoms with Crippen LogP contribution in [-0.4, -0.2) is 25.5 Å². The molecule has 0 saturated carbocycles. The van der Waals surface area contributed by atoms with Gasteiger partial charge in [-0.1, -0.05) is 59.6 Å². The summed E-state index contributed by atoms with van der Waals surface area (Å²) in [5.41, 5.74) is 2.36. The number of nitrogens with zero attached hydrogens (tertiary/aromatic N) is 1. The van der Waals surface area contributed by atoms with Crippen LogP contribution in [0.1, 0.15) is 17.2 Å². The smallest absolute Gasteiger partial charge is 0.0466 e. The molecule has 0 bridgehead atoms. The van der Waals surface area contributed by atoms with Crippen LogP contribution < -0.4 is 5.32 Å². The highest BCUT2D eigenvalue weighted by Crippen LogP contribution is 2.21. The fourth-order valence-electron chi connectivity index (χ4n) is 2.28. The van der Waals surface area contributed by atoms with Gasteiger partial charge in [-0.25, -0.2) is 0 Å². The minimum Gasteiger partial charge on any atom is -0.311 e. The number of benzene rings is 2. The van der Waals surface area contributed by atoms with Crippen molar-refractivity contribution in [2.45, 2.75) is 12.6 Å². The summed E-state index contributed by atoms with van der Waals surface area (Å²) in [6, 6.07) is 16.4. The van der Waals surface area contributed by atoms with E-state index in [-0.39, 0.29) is 0 Å². The molecule has 0 spiro atoms. The molecule has 1 N–H and O–H groups in total. The van der Waals surface area contributed by atoms with Gasteiger partial charge in [-0.3, -0.25) is 0 Å². The monoisotopic (exact) mass is 322 g/mol. The maximum Gasteiger partial charge on any atom is 0.0466 e. The Bertz CT molecular complexity index is 570. The van der Waals surface area contributed by atoms with E-state index in [1.165, 1.54) is 5.56 Å². The Morgan fingerprint density at radius 3 is 2.38 bits per heavy atom. The summed E-state index contributed by atoms with van der Waals surface area (Å²) in [6.07, 6.45) is 0. The zero-order valence-corrected chi connectivity index (χ0v) is 13.8. The highest BCUT2D eigenvalue weighted by molar-refractivity contribution is 6.35. The van der Waals surface area contributed by atoms with Crippen LogP contribution in [0.15, 0.2) is 48.5 Å². The van der Waals surface area contributed by atoms with E-state index in [0.717, 1.165) is 18.7 Å². The molecule has 0 radical (unpaired) electrons. The predicted octanol–water partition coefficient (Wildman–Crippen LogP) is 4.39. The van der Waals surface area contributed by atoms with E-state index in [1.807, 2.05) is 18.2 Å². The molecule has 0 fully saturated rings. The van der Waals surface area contributed by atoms with Gasteiger partial charge in [0.05, 0.1) is 0 Å².